The van der Waals surface area contributed by atoms with Crippen LogP contribution >= 0.6 is 0 Å². The summed E-state index contributed by atoms with van der Waals surface area (Å²) in [5.74, 6) is 1.12. The summed E-state index contributed by atoms with van der Waals surface area (Å²) in [4.78, 5) is 41.8. The smallest absolute Gasteiger partial charge is 0.259 e. The van der Waals surface area contributed by atoms with Gasteiger partial charge in [-0.25, -0.2) is 0 Å². The minimum atomic E-state index is -0.373. The minimum Gasteiger partial charge on any atom is -0.342 e. The number of Topliss-reactive ketones (excluding diaryl/α,β-unsaturated/α-hetero) is 1. The molecule has 2 aromatic rings. The van der Waals surface area contributed by atoms with Gasteiger partial charge >= 0.3 is 0 Å². The first-order valence-corrected chi connectivity index (χ1v) is 13.4. The van der Waals surface area contributed by atoms with Crippen LogP contribution in [0.2, 0.25) is 0 Å². The number of benzene rings is 1. The van der Waals surface area contributed by atoms with Gasteiger partial charge in [0.1, 0.15) is 0 Å². The van der Waals surface area contributed by atoms with E-state index in [2.05, 4.69) is 12.1 Å². The van der Waals surface area contributed by atoms with Gasteiger partial charge in [0.15, 0.2) is 5.78 Å². The lowest BCUT2D eigenvalue weighted by molar-refractivity contribution is -0.133. The first-order valence-electron chi connectivity index (χ1n) is 13.4. The van der Waals surface area contributed by atoms with Crippen molar-refractivity contribution in [1.29, 1.82) is 0 Å². The molecule has 5 rings (SSSR count). The third kappa shape index (κ3) is 4.46. The number of amides is 1. The molecule has 34 heavy (non-hydrogen) atoms. The zero-order valence-electron chi connectivity index (χ0n) is 20.7. The molecule has 0 radical (unpaired) electrons. The Hall–Kier alpha value is -2.43. The molecule has 0 bridgehead atoms. The van der Waals surface area contributed by atoms with Crippen molar-refractivity contribution in [3.63, 3.8) is 0 Å². The number of carbonyl (C=O) groups is 2. The number of nitrogens with zero attached hydrogens (tertiary/aromatic N) is 2. The van der Waals surface area contributed by atoms with Crippen LogP contribution in [0.15, 0.2) is 35.3 Å². The molecule has 2 aliphatic carbocycles. The molecule has 2 atom stereocenters. The highest BCUT2D eigenvalue weighted by molar-refractivity contribution is 5.88. The molecule has 0 spiro atoms. The number of carbonyl (C=O) groups excluding carboxylic acids is 2. The van der Waals surface area contributed by atoms with Crippen LogP contribution in [0, 0.1) is 17.8 Å². The predicted molar refractivity (Wildman–Crippen MR) is 135 cm³/mol. The highest BCUT2D eigenvalue weighted by Gasteiger charge is 2.36. The molecule has 0 N–H and O–H groups in total. The van der Waals surface area contributed by atoms with Gasteiger partial charge in [0.2, 0.25) is 5.91 Å². The lowest BCUT2D eigenvalue weighted by Gasteiger charge is -2.34. The quantitative estimate of drug-likeness (QED) is 0.572. The number of aromatic nitrogens is 1. The second-order valence-corrected chi connectivity index (χ2v) is 11.1. The van der Waals surface area contributed by atoms with Crippen molar-refractivity contribution in [2.24, 2.45) is 17.8 Å². The first kappa shape index (κ1) is 23.3. The van der Waals surface area contributed by atoms with E-state index in [1.165, 1.54) is 12.0 Å². The Morgan fingerprint density at radius 2 is 1.68 bits per heavy atom. The van der Waals surface area contributed by atoms with Crippen LogP contribution < -0.4 is 5.56 Å². The predicted octanol–water partition coefficient (Wildman–Crippen LogP) is 5.46. The molecule has 5 nitrogen and oxygen atoms in total. The highest BCUT2D eigenvalue weighted by Crippen LogP contribution is 2.37. The van der Waals surface area contributed by atoms with Crippen molar-refractivity contribution < 1.29 is 9.59 Å². The van der Waals surface area contributed by atoms with E-state index < -0.39 is 0 Å². The van der Waals surface area contributed by atoms with E-state index >= 15 is 0 Å². The molecule has 2 saturated carbocycles. The number of rotatable bonds is 6. The Balaban J connectivity index is 1.50. The molecule has 1 saturated heterocycles. The van der Waals surface area contributed by atoms with Crippen LogP contribution in [0.3, 0.4) is 0 Å². The van der Waals surface area contributed by atoms with Gasteiger partial charge in [-0.1, -0.05) is 45.2 Å². The molecule has 1 amide bonds. The van der Waals surface area contributed by atoms with Crippen LogP contribution in [0.25, 0.3) is 10.8 Å². The summed E-state index contributed by atoms with van der Waals surface area (Å²) in [5, 5.41) is 1.68. The normalized spacial score (nSPS) is 22.8. The maximum absolute atomic E-state index is 13.8. The lowest BCUT2D eigenvalue weighted by Crippen LogP contribution is -2.40. The number of ketones is 1. The third-order valence-electron chi connectivity index (χ3n) is 8.36. The van der Waals surface area contributed by atoms with Crippen molar-refractivity contribution in [1.82, 2.24) is 9.47 Å². The van der Waals surface area contributed by atoms with Crippen LogP contribution in [-0.2, 0) is 9.59 Å². The summed E-state index contributed by atoms with van der Waals surface area (Å²) in [7, 11) is 0. The van der Waals surface area contributed by atoms with Gasteiger partial charge in [0, 0.05) is 42.4 Å². The first-order chi connectivity index (χ1) is 16.5. The van der Waals surface area contributed by atoms with E-state index in [1.54, 1.807) is 4.57 Å². The fourth-order valence-electron chi connectivity index (χ4n) is 6.30. The van der Waals surface area contributed by atoms with Crippen LogP contribution in [0.4, 0.5) is 0 Å². The summed E-state index contributed by atoms with van der Waals surface area (Å²) >= 11 is 0. The van der Waals surface area contributed by atoms with Crippen LogP contribution in [0.1, 0.15) is 89.2 Å². The summed E-state index contributed by atoms with van der Waals surface area (Å²) < 4.78 is 1.74. The maximum atomic E-state index is 13.8. The number of hydrogen-bond acceptors (Lipinski definition) is 3. The van der Waals surface area contributed by atoms with Gasteiger partial charge in [0.25, 0.3) is 5.56 Å². The van der Waals surface area contributed by atoms with Gasteiger partial charge in [0.05, 0.1) is 6.04 Å². The van der Waals surface area contributed by atoms with Crippen molar-refractivity contribution in [2.45, 2.75) is 83.6 Å². The Morgan fingerprint density at radius 1 is 0.912 bits per heavy atom. The van der Waals surface area contributed by atoms with Gasteiger partial charge < -0.3 is 9.47 Å². The number of hydrogen-bond donors (Lipinski definition) is 0. The fourth-order valence-corrected chi connectivity index (χ4v) is 6.30. The third-order valence-corrected chi connectivity index (χ3v) is 8.36. The largest absolute Gasteiger partial charge is 0.342 e. The van der Waals surface area contributed by atoms with Gasteiger partial charge in [-0.15, -0.1) is 0 Å². The van der Waals surface area contributed by atoms with E-state index in [1.807, 2.05) is 37.1 Å². The average molecular weight is 463 g/mol. The molecule has 182 valence electrons. The molecule has 2 heterocycles. The Bertz CT molecular complexity index is 1120. The number of piperidine rings is 1. The summed E-state index contributed by atoms with van der Waals surface area (Å²) in [6, 6.07) is 7.69. The second-order valence-electron chi connectivity index (χ2n) is 11.1. The van der Waals surface area contributed by atoms with E-state index in [0.29, 0.717) is 11.3 Å². The molecular formula is C29H38N2O3. The van der Waals surface area contributed by atoms with E-state index in [-0.39, 0.29) is 41.1 Å². The number of pyridine rings is 1. The van der Waals surface area contributed by atoms with Crippen LogP contribution in [0.5, 0.6) is 0 Å². The molecule has 3 aliphatic rings. The number of fused-ring (bicyclic) bond motifs is 1. The molecule has 1 aromatic carbocycles. The Morgan fingerprint density at radius 3 is 2.38 bits per heavy atom. The topological polar surface area (TPSA) is 59.4 Å². The van der Waals surface area contributed by atoms with Crippen molar-refractivity contribution in [2.75, 3.05) is 13.1 Å². The molecular weight excluding hydrogens is 424 g/mol. The summed E-state index contributed by atoms with van der Waals surface area (Å²) in [6.45, 7) is 5.48. The SMILES string of the molecule is CC(C)C(=O)C(C1CCCCC1)n1ccc2c(C3CCCN(C(=O)C4CC4)C3)cccc2c1=O. The molecule has 3 fully saturated rings. The summed E-state index contributed by atoms with van der Waals surface area (Å²) in [5.41, 5.74) is 1.12. The van der Waals surface area contributed by atoms with E-state index in [0.717, 1.165) is 69.8 Å². The molecule has 1 aromatic heterocycles. The second kappa shape index (κ2) is 9.67. The van der Waals surface area contributed by atoms with Gasteiger partial charge in [-0.05, 0) is 67.5 Å². The summed E-state index contributed by atoms with van der Waals surface area (Å²) in [6.07, 6.45) is 11.5. The lowest BCUT2D eigenvalue weighted by atomic mass is 9.80. The van der Waals surface area contributed by atoms with Crippen LogP contribution in [-0.4, -0.2) is 34.2 Å². The van der Waals surface area contributed by atoms with Crippen molar-refractivity contribution >= 4 is 22.5 Å². The van der Waals surface area contributed by atoms with Gasteiger partial charge in [-0.2, -0.15) is 0 Å². The minimum absolute atomic E-state index is 0.0503. The molecule has 5 heteroatoms. The molecule has 2 unspecified atom stereocenters. The Kier molecular flexibility index (Phi) is 6.63. The monoisotopic (exact) mass is 462 g/mol. The highest BCUT2D eigenvalue weighted by atomic mass is 16.2. The van der Waals surface area contributed by atoms with Gasteiger partial charge in [-0.3, -0.25) is 14.4 Å². The van der Waals surface area contributed by atoms with E-state index in [9.17, 15) is 14.4 Å². The zero-order valence-corrected chi connectivity index (χ0v) is 20.7. The standard InChI is InChI=1S/C29H38N2O3/c1-19(2)27(32)26(20-8-4-3-5-9-20)31-17-15-24-23(11-6-12-25(24)29(31)34)22-10-7-16-30(18-22)28(33)21-13-14-21/h6,11-12,15,17,19-22,26H,3-5,7-10,13-14,16,18H2,1-2H3. The zero-order chi connectivity index (χ0) is 23.8. The fraction of sp³-hybridized carbons (Fsp3) is 0.621. The average Bonchev–Trinajstić information content (AvgIpc) is 3.71. The Labute approximate surface area is 202 Å². The number of likely N-dealkylation sites (tertiary alicyclic amines) is 1. The van der Waals surface area contributed by atoms with E-state index in [4.69, 9.17) is 0 Å². The van der Waals surface area contributed by atoms with Crippen molar-refractivity contribution in [3.05, 3.63) is 46.4 Å². The maximum Gasteiger partial charge on any atom is 0.259 e. The van der Waals surface area contributed by atoms with Crippen molar-refractivity contribution in [3.8, 4) is 0 Å². The molecule has 1 aliphatic heterocycles.